The Morgan fingerprint density at radius 2 is 1.88 bits per heavy atom. The van der Waals surface area contributed by atoms with E-state index < -0.39 is 10.0 Å². The van der Waals surface area contributed by atoms with Crippen molar-refractivity contribution in [2.45, 2.75) is 25.7 Å². The van der Waals surface area contributed by atoms with Gasteiger partial charge in [0.15, 0.2) is 0 Å². The molecule has 0 saturated heterocycles. The minimum atomic E-state index is -3.67. The first-order valence-corrected chi connectivity index (χ1v) is 9.72. The van der Waals surface area contributed by atoms with Gasteiger partial charge in [0.25, 0.3) is 0 Å². The molecular formula is C19H24N2O4S. The molecule has 2 rings (SSSR count). The summed E-state index contributed by atoms with van der Waals surface area (Å²) in [6, 6.07) is 12.3. The maximum absolute atomic E-state index is 12.5. The number of nitrogens with one attached hydrogen (secondary N) is 1. The number of carbonyl (C=O) groups is 1. The molecule has 6 nitrogen and oxygen atoms in total. The maximum Gasteiger partial charge on any atom is 0.240 e. The van der Waals surface area contributed by atoms with Crippen LogP contribution in [0.1, 0.15) is 18.1 Å². The monoisotopic (exact) mass is 376 g/mol. The number of rotatable bonds is 7. The summed E-state index contributed by atoms with van der Waals surface area (Å²) in [7, 11) is -2.14. The first-order chi connectivity index (χ1) is 12.2. The molecule has 1 amide bonds. The van der Waals surface area contributed by atoms with Gasteiger partial charge in [-0.3, -0.25) is 4.79 Å². The van der Waals surface area contributed by atoms with E-state index in [1.165, 1.54) is 20.1 Å². The Hall–Kier alpha value is -2.38. The number of anilines is 1. The molecule has 0 saturated carbocycles. The van der Waals surface area contributed by atoms with Crippen molar-refractivity contribution in [3.05, 3.63) is 53.6 Å². The van der Waals surface area contributed by atoms with Crippen LogP contribution in [-0.4, -0.2) is 34.5 Å². The van der Waals surface area contributed by atoms with Gasteiger partial charge in [-0.2, -0.15) is 0 Å². The van der Waals surface area contributed by atoms with Gasteiger partial charge in [-0.25, -0.2) is 13.1 Å². The number of carbonyl (C=O) groups excluding carboxylic acids is 1. The average Bonchev–Trinajstić information content (AvgIpc) is 2.58. The number of hydrogen-bond donors (Lipinski definition) is 1. The van der Waals surface area contributed by atoms with Crippen molar-refractivity contribution in [2.24, 2.45) is 0 Å². The fourth-order valence-electron chi connectivity index (χ4n) is 2.68. The molecule has 1 N–H and O–H groups in total. The van der Waals surface area contributed by atoms with Crippen LogP contribution >= 0.6 is 0 Å². The van der Waals surface area contributed by atoms with Crippen LogP contribution in [0.4, 0.5) is 5.69 Å². The molecule has 7 heteroatoms. The van der Waals surface area contributed by atoms with Gasteiger partial charge in [-0.1, -0.05) is 12.1 Å². The van der Waals surface area contributed by atoms with E-state index in [1.54, 1.807) is 24.0 Å². The standard InChI is InChI=1S/C19H24N2O4S/c1-14-6-5-7-17(12-14)21(16(3)22)11-10-20-26(23,24)19-9-8-18(25-4)13-15(19)2/h5-9,12-13,20H,10-11H2,1-4H3. The van der Waals surface area contributed by atoms with Crippen LogP contribution in [0, 0.1) is 13.8 Å². The van der Waals surface area contributed by atoms with Gasteiger partial charge in [0.2, 0.25) is 15.9 Å². The first kappa shape index (κ1) is 19.9. The van der Waals surface area contributed by atoms with Crippen molar-refractivity contribution in [3.8, 4) is 5.75 Å². The Morgan fingerprint density at radius 1 is 1.15 bits per heavy atom. The van der Waals surface area contributed by atoms with E-state index in [2.05, 4.69) is 4.72 Å². The minimum absolute atomic E-state index is 0.112. The number of aryl methyl sites for hydroxylation is 2. The van der Waals surface area contributed by atoms with Crippen molar-refractivity contribution >= 4 is 21.6 Å². The van der Waals surface area contributed by atoms with Crippen LogP contribution in [-0.2, 0) is 14.8 Å². The predicted molar refractivity (Wildman–Crippen MR) is 102 cm³/mol. The summed E-state index contributed by atoms with van der Waals surface area (Å²) in [4.78, 5) is 13.7. The minimum Gasteiger partial charge on any atom is -0.497 e. The van der Waals surface area contributed by atoms with Gasteiger partial charge >= 0.3 is 0 Å². The number of hydrogen-bond acceptors (Lipinski definition) is 4. The molecule has 0 unspecified atom stereocenters. The molecule has 26 heavy (non-hydrogen) atoms. The SMILES string of the molecule is COc1ccc(S(=O)(=O)NCCN(C(C)=O)c2cccc(C)c2)c(C)c1. The lowest BCUT2D eigenvalue weighted by Crippen LogP contribution is -2.37. The van der Waals surface area contributed by atoms with Gasteiger partial charge < -0.3 is 9.64 Å². The molecular weight excluding hydrogens is 352 g/mol. The molecule has 0 radical (unpaired) electrons. The summed E-state index contributed by atoms with van der Waals surface area (Å²) in [5.41, 5.74) is 2.37. The van der Waals surface area contributed by atoms with Crippen LogP contribution in [0.3, 0.4) is 0 Å². The van der Waals surface area contributed by atoms with E-state index >= 15 is 0 Å². The molecule has 0 bridgehead atoms. The second-order valence-corrected chi connectivity index (χ2v) is 7.77. The second-order valence-electron chi connectivity index (χ2n) is 6.04. The molecule has 0 aliphatic heterocycles. The van der Waals surface area contributed by atoms with E-state index in [-0.39, 0.29) is 23.9 Å². The normalized spacial score (nSPS) is 11.2. The molecule has 140 valence electrons. The lowest BCUT2D eigenvalue weighted by atomic mass is 10.2. The number of nitrogens with zero attached hydrogens (tertiary/aromatic N) is 1. The molecule has 0 aromatic heterocycles. The lowest BCUT2D eigenvalue weighted by molar-refractivity contribution is -0.116. The van der Waals surface area contributed by atoms with Crippen molar-refractivity contribution in [2.75, 3.05) is 25.1 Å². The quantitative estimate of drug-likeness (QED) is 0.806. The number of benzene rings is 2. The van der Waals surface area contributed by atoms with E-state index in [9.17, 15) is 13.2 Å². The zero-order valence-corrected chi connectivity index (χ0v) is 16.3. The van der Waals surface area contributed by atoms with Crippen LogP contribution in [0.25, 0.3) is 0 Å². The molecule has 0 aliphatic carbocycles. The average molecular weight is 376 g/mol. The van der Waals surface area contributed by atoms with Crippen molar-refractivity contribution in [1.29, 1.82) is 0 Å². The van der Waals surface area contributed by atoms with E-state index in [0.29, 0.717) is 11.3 Å². The third-order valence-corrected chi connectivity index (χ3v) is 5.61. The largest absolute Gasteiger partial charge is 0.497 e. The molecule has 0 spiro atoms. The summed E-state index contributed by atoms with van der Waals surface area (Å²) < 4.78 is 32.7. The number of sulfonamides is 1. The Kier molecular flexibility index (Phi) is 6.39. The Bertz CT molecular complexity index is 894. The number of amides is 1. The highest BCUT2D eigenvalue weighted by Crippen LogP contribution is 2.21. The summed E-state index contributed by atoms with van der Waals surface area (Å²) in [6.45, 7) is 5.47. The highest BCUT2D eigenvalue weighted by molar-refractivity contribution is 7.89. The van der Waals surface area contributed by atoms with Crippen molar-refractivity contribution in [1.82, 2.24) is 4.72 Å². The molecule has 0 fully saturated rings. The summed E-state index contributed by atoms with van der Waals surface area (Å²) in [5.74, 6) is 0.457. The zero-order valence-electron chi connectivity index (χ0n) is 15.4. The van der Waals surface area contributed by atoms with Gasteiger partial charge in [-0.15, -0.1) is 0 Å². The summed E-state index contributed by atoms with van der Waals surface area (Å²) in [6.07, 6.45) is 0. The Labute approximate surface area is 154 Å². The predicted octanol–water partition coefficient (Wildman–Crippen LogP) is 2.64. The highest BCUT2D eigenvalue weighted by atomic mass is 32.2. The molecule has 0 heterocycles. The maximum atomic E-state index is 12.5. The summed E-state index contributed by atoms with van der Waals surface area (Å²) >= 11 is 0. The van der Waals surface area contributed by atoms with Gasteiger partial charge in [0.1, 0.15) is 5.75 Å². The molecule has 0 atom stereocenters. The number of ether oxygens (including phenoxy) is 1. The summed E-state index contributed by atoms with van der Waals surface area (Å²) in [5, 5.41) is 0. The third kappa shape index (κ3) is 4.83. The van der Waals surface area contributed by atoms with Crippen LogP contribution in [0.15, 0.2) is 47.4 Å². The third-order valence-electron chi connectivity index (χ3n) is 3.99. The van der Waals surface area contributed by atoms with Crippen molar-refractivity contribution < 1.29 is 17.9 Å². The topological polar surface area (TPSA) is 75.7 Å². The van der Waals surface area contributed by atoms with E-state index in [0.717, 1.165) is 11.3 Å². The van der Waals surface area contributed by atoms with E-state index in [1.807, 2.05) is 31.2 Å². The zero-order chi connectivity index (χ0) is 19.3. The molecule has 0 aliphatic rings. The highest BCUT2D eigenvalue weighted by Gasteiger charge is 2.18. The van der Waals surface area contributed by atoms with Crippen LogP contribution < -0.4 is 14.4 Å². The van der Waals surface area contributed by atoms with Gasteiger partial charge in [0.05, 0.1) is 12.0 Å². The van der Waals surface area contributed by atoms with Crippen LogP contribution in [0.2, 0.25) is 0 Å². The molecule has 2 aromatic carbocycles. The lowest BCUT2D eigenvalue weighted by Gasteiger charge is -2.22. The first-order valence-electron chi connectivity index (χ1n) is 8.23. The van der Waals surface area contributed by atoms with Crippen molar-refractivity contribution in [3.63, 3.8) is 0 Å². The fraction of sp³-hybridized carbons (Fsp3) is 0.316. The molecule has 2 aromatic rings. The van der Waals surface area contributed by atoms with Gasteiger partial charge in [-0.05, 0) is 55.3 Å². The van der Waals surface area contributed by atoms with Crippen LogP contribution in [0.5, 0.6) is 5.75 Å². The Balaban J connectivity index is 2.10. The number of methoxy groups -OCH3 is 1. The second kappa shape index (κ2) is 8.33. The van der Waals surface area contributed by atoms with Gasteiger partial charge in [0, 0.05) is 25.7 Å². The smallest absolute Gasteiger partial charge is 0.240 e. The van der Waals surface area contributed by atoms with E-state index in [4.69, 9.17) is 4.74 Å². The Morgan fingerprint density at radius 3 is 2.46 bits per heavy atom. The fourth-order valence-corrected chi connectivity index (χ4v) is 3.93.